The van der Waals surface area contributed by atoms with E-state index in [4.69, 9.17) is 16.3 Å². The summed E-state index contributed by atoms with van der Waals surface area (Å²) >= 11 is 4.99. The van der Waals surface area contributed by atoms with Crippen LogP contribution < -0.4 is 9.61 Å². The molecule has 1 unspecified atom stereocenters. The summed E-state index contributed by atoms with van der Waals surface area (Å²) in [5.74, 6) is 0.839. The molecule has 0 aliphatic heterocycles. The summed E-state index contributed by atoms with van der Waals surface area (Å²) in [7, 11) is 0.562. The van der Waals surface area contributed by atoms with Gasteiger partial charge in [-0.1, -0.05) is 18.2 Å². The Labute approximate surface area is 72.1 Å². The number of para-hydroxylation sites is 1. The lowest BCUT2D eigenvalue weighted by molar-refractivity contribution is 0.621. The molecule has 4 heteroatoms. The van der Waals surface area contributed by atoms with Crippen LogP contribution in [0.2, 0.25) is 0 Å². The zero-order valence-corrected chi connectivity index (χ0v) is 8.02. The summed E-state index contributed by atoms with van der Waals surface area (Å²) in [6.45, 7) is 0. The number of benzene rings is 1. The summed E-state index contributed by atoms with van der Waals surface area (Å²) in [6, 6.07) is 9.59. The molecule has 1 aromatic carbocycles. The normalized spacial score (nSPS) is 12.5. The summed E-state index contributed by atoms with van der Waals surface area (Å²) < 4.78 is 5.37. The fourth-order valence-electron chi connectivity index (χ4n) is 0.647. The van der Waals surface area contributed by atoms with E-state index in [9.17, 15) is 0 Å². The van der Waals surface area contributed by atoms with E-state index in [2.05, 4.69) is 5.09 Å². The van der Waals surface area contributed by atoms with Crippen LogP contribution in [0.5, 0.6) is 5.75 Å². The van der Waals surface area contributed by atoms with E-state index in [1.165, 1.54) is 0 Å². The van der Waals surface area contributed by atoms with E-state index in [-0.39, 0.29) is 0 Å². The maximum absolute atomic E-state index is 5.37. The Hall–Kier alpha value is -0.370. The van der Waals surface area contributed by atoms with E-state index in [0.29, 0.717) is 0 Å². The predicted molar refractivity (Wildman–Crippen MR) is 51.8 cm³/mol. The van der Waals surface area contributed by atoms with Crippen molar-refractivity contribution in [2.75, 3.05) is 7.05 Å². The quantitative estimate of drug-likeness (QED) is 0.729. The van der Waals surface area contributed by atoms with Crippen LogP contribution in [0.15, 0.2) is 30.3 Å². The van der Waals surface area contributed by atoms with Gasteiger partial charge in [0.15, 0.2) is 7.07 Å². The highest BCUT2D eigenvalue weighted by Crippen LogP contribution is 2.21. The van der Waals surface area contributed by atoms with E-state index in [0.717, 1.165) is 5.75 Å². The first kappa shape index (κ1) is 8.72. The number of hydrogen-bond acceptors (Lipinski definition) is 2. The van der Waals surface area contributed by atoms with Crippen molar-refractivity contribution in [1.29, 1.82) is 0 Å². The molecule has 0 fully saturated rings. The first-order valence-corrected chi connectivity index (χ1v) is 5.81. The fraction of sp³-hybridized carbons (Fsp3) is 0.143. The van der Waals surface area contributed by atoms with Gasteiger partial charge < -0.3 is 4.52 Å². The third kappa shape index (κ3) is 3.02. The molecule has 0 aliphatic carbocycles. The summed E-state index contributed by atoms with van der Waals surface area (Å²) in [5.41, 5.74) is 0. The van der Waals surface area contributed by atoms with Gasteiger partial charge in [-0.05, 0) is 31.0 Å². The Morgan fingerprint density at radius 3 is 2.55 bits per heavy atom. The van der Waals surface area contributed by atoms with Gasteiger partial charge in [-0.25, -0.2) is 0 Å². The maximum atomic E-state index is 5.37. The van der Waals surface area contributed by atoms with Gasteiger partial charge in [-0.2, -0.15) is 0 Å². The molecule has 1 atom stereocenters. The van der Waals surface area contributed by atoms with E-state index in [1.807, 2.05) is 37.4 Å². The van der Waals surface area contributed by atoms with Crippen molar-refractivity contribution < 1.29 is 4.52 Å². The lowest BCUT2D eigenvalue weighted by Crippen LogP contribution is -1.95. The first-order valence-electron chi connectivity index (χ1n) is 3.27. The maximum Gasteiger partial charge on any atom is 0.166 e. The Bertz CT molecular complexity index is 239. The van der Waals surface area contributed by atoms with Crippen molar-refractivity contribution in [3.63, 3.8) is 0 Å². The Balaban J connectivity index is 2.58. The molecule has 0 amide bonds. The molecule has 0 saturated heterocycles. The van der Waals surface area contributed by atoms with Crippen LogP contribution in [0.25, 0.3) is 0 Å². The highest BCUT2D eigenvalue weighted by atomic mass is 32.4. The molecule has 0 spiro atoms. The highest BCUT2D eigenvalue weighted by molar-refractivity contribution is 8.02. The molecular weight excluding hydrogens is 177 g/mol. The average Bonchev–Trinajstić information content (AvgIpc) is 2.06. The molecule has 0 aromatic heterocycles. The van der Waals surface area contributed by atoms with Crippen molar-refractivity contribution in [1.82, 2.24) is 5.09 Å². The highest BCUT2D eigenvalue weighted by Gasteiger charge is 1.91. The first-order chi connectivity index (χ1) is 5.33. The third-order valence-electron chi connectivity index (χ3n) is 1.16. The van der Waals surface area contributed by atoms with E-state index >= 15 is 0 Å². The molecule has 1 N–H and O–H groups in total. The Morgan fingerprint density at radius 2 is 2.00 bits per heavy atom. The van der Waals surface area contributed by atoms with E-state index < -0.39 is 7.07 Å². The molecular formula is C7H10NOPS. The third-order valence-corrected chi connectivity index (χ3v) is 2.85. The minimum Gasteiger partial charge on any atom is -0.456 e. The summed E-state index contributed by atoms with van der Waals surface area (Å²) in [6.07, 6.45) is 0. The minimum atomic E-state index is -1.25. The van der Waals surface area contributed by atoms with Gasteiger partial charge in [0.25, 0.3) is 0 Å². The van der Waals surface area contributed by atoms with Gasteiger partial charge >= 0.3 is 0 Å². The Morgan fingerprint density at radius 1 is 1.36 bits per heavy atom. The Kier molecular flexibility index (Phi) is 3.57. The number of nitrogens with one attached hydrogen (secondary N) is 1. The van der Waals surface area contributed by atoms with Crippen molar-refractivity contribution in [2.24, 2.45) is 0 Å². The number of rotatable bonds is 3. The van der Waals surface area contributed by atoms with Crippen LogP contribution in [0.3, 0.4) is 0 Å². The molecule has 1 aromatic rings. The largest absolute Gasteiger partial charge is 0.456 e. The molecule has 0 saturated carbocycles. The van der Waals surface area contributed by atoms with Crippen LogP contribution in [0.4, 0.5) is 0 Å². The molecule has 11 heavy (non-hydrogen) atoms. The van der Waals surface area contributed by atoms with E-state index in [1.54, 1.807) is 0 Å². The summed E-state index contributed by atoms with van der Waals surface area (Å²) in [4.78, 5) is 0. The second-order valence-electron chi connectivity index (χ2n) is 1.95. The fourth-order valence-corrected chi connectivity index (χ4v) is 1.39. The molecule has 0 aliphatic rings. The zero-order chi connectivity index (χ0) is 8.10. The van der Waals surface area contributed by atoms with Gasteiger partial charge in [-0.3, -0.25) is 5.09 Å². The lowest BCUT2D eigenvalue weighted by atomic mass is 10.3. The van der Waals surface area contributed by atoms with Gasteiger partial charge in [-0.15, -0.1) is 0 Å². The van der Waals surface area contributed by atoms with Gasteiger partial charge in [0.2, 0.25) is 0 Å². The minimum absolute atomic E-state index is 0.839. The van der Waals surface area contributed by atoms with Crippen LogP contribution >= 0.6 is 7.07 Å². The topological polar surface area (TPSA) is 21.3 Å². The molecule has 0 heterocycles. The second kappa shape index (κ2) is 4.50. The monoisotopic (exact) mass is 187 g/mol. The van der Waals surface area contributed by atoms with Gasteiger partial charge in [0.1, 0.15) is 5.75 Å². The van der Waals surface area contributed by atoms with Crippen LogP contribution in [0, 0.1) is 0 Å². The van der Waals surface area contributed by atoms with Crippen LogP contribution in [0.1, 0.15) is 0 Å². The zero-order valence-electron chi connectivity index (χ0n) is 6.20. The van der Waals surface area contributed by atoms with Crippen molar-refractivity contribution in [2.45, 2.75) is 0 Å². The average molecular weight is 187 g/mol. The van der Waals surface area contributed by atoms with Gasteiger partial charge in [0.05, 0.1) is 0 Å². The van der Waals surface area contributed by atoms with Crippen LogP contribution in [-0.4, -0.2) is 7.05 Å². The van der Waals surface area contributed by atoms with Crippen LogP contribution in [-0.2, 0) is 11.8 Å². The predicted octanol–water partition coefficient (Wildman–Crippen LogP) is 1.79. The summed E-state index contributed by atoms with van der Waals surface area (Å²) in [5, 5.41) is 2.91. The lowest BCUT2D eigenvalue weighted by Gasteiger charge is -2.05. The molecule has 2 nitrogen and oxygen atoms in total. The van der Waals surface area contributed by atoms with Gasteiger partial charge in [0, 0.05) is 0 Å². The van der Waals surface area contributed by atoms with Crippen molar-refractivity contribution in [3.05, 3.63) is 30.3 Å². The number of hydrogen-bond donors (Lipinski definition) is 1. The molecule has 0 bridgehead atoms. The SMILES string of the molecule is CN[PH](=S)Oc1ccccc1. The van der Waals surface area contributed by atoms with Crippen molar-refractivity contribution >= 4 is 18.9 Å². The van der Waals surface area contributed by atoms with Crippen molar-refractivity contribution in [3.8, 4) is 5.75 Å². The molecule has 60 valence electrons. The molecule has 0 radical (unpaired) electrons. The molecule has 1 rings (SSSR count). The standard InChI is InChI=1S/C7H10NOPS/c1-8-10(11)9-7-5-3-2-4-6-7/h2-6,10H,1H3,(H,8,11). The smallest absolute Gasteiger partial charge is 0.166 e. The second-order valence-corrected chi connectivity index (χ2v) is 4.34.